The van der Waals surface area contributed by atoms with E-state index in [2.05, 4.69) is 195 Å². The van der Waals surface area contributed by atoms with Crippen molar-refractivity contribution in [2.45, 2.75) is 19.3 Å². The minimum atomic E-state index is -0.181. The van der Waals surface area contributed by atoms with Gasteiger partial charge in [-0.05, 0) is 108 Å². The topological polar surface area (TPSA) is 16.4 Å². The van der Waals surface area contributed by atoms with Crippen LogP contribution in [0, 0.1) is 0 Å². The van der Waals surface area contributed by atoms with Crippen LogP contribution in [0.5, 0.6) is 0 Å². The monoisotopic (exact) mass is 727 g/mol. The summed E-state index contributed by atoms with van der Waals surface area (Å²) in [6, 6.07) is 68.8. The van der Waals surface area contributed by atoms with Crippen molar-refractivity contribution in [1.29, 1.82) is 0 Å². The van der Waals surface area contributed by atoms with Crippen molar-refractivity contribution in [3.63, 3.8) is 0 Å². The molecule has 0 radical (unpaired) electrons. The van der Waals surface area contributed by atoms with E-state index in [0.29, 0.717) is 0 Å². The molecule has 0 saturated heterocycles. The fourth-order valence-corrected chi connectivity index (χ4v) is 10.0. The summed E-state index contributed by atoms with van der Waals surface area (Å²) in [5.41, 5.74) is 20.4. The highest BCUT2D eigenvalue weighted by atomic mass is 16.3. The van der Waals surface area contributed by atoms with Crippen LogP contribution in [0.3, 0.4) is 0 Å². The highest BCUT2D eigenvalue weighted by molar-refractivity contribution is 6.18. The summed E-state index contributed by atoms with van der Waals surface area (Å²) in [5, 5.41) is 4.92. The van der Waals surface area contributed by atoms with Crippen LogP contribution in [-0.2, 0) is 5.41 Å². The largest absolute Gasteiger partial charge is 0.455 e. The van der Waals surface area contributed by atoms with Gasteiger partial charge >= 0.3 is 0 Å². The maximum absolute atomic E-state index is 6.46. The Labute approximate surface area is 331 Å². The Bertz CT molecular complexity index is 3230. The zero-order chi connectivity index (χ0) is 37.8. The van der Waals surface area contributed by atoms with Crippen molar-refractivity contribution in [2.24, 2.45) is 0 Å². The summed E-state index contributed by atoms with van der Waals surface area (Å²) in [5.74, 6) is 0. The Hall–Kier alpha value is -7.16. The van der Waals surface area contributed by atoms with Crippen LogP contribution in [0.4, 0.5) is 17.1 Å². The van der Waals surface area contributed by atoms with E-state index in [9.17, 15) is 0 Å². The van der Waals surface area contributed by atoms with Crippen LogP contribution >= 0.6 is 0 Å². The second kappa shape index (κ2) is 11.9. The first-order valence-electron chi connectivity index (χ1n) is 19.8. The second-order valence-electron chi connectivity index (χ2n) is 16.0. The molecule has 0 fully saturated rings. The lowest BCUT2D eigenvalue weighted by Crippen LogP contribution is -2.20. The van der Waals surface area contributed by atoms with Crippen molar-refractivity contribution in [1.82, 2.24) is 0 Å². The molecular weight excluding hydrogens is 691 g/mol. The van der Waals surface area contributed by atoms with Crippen molar-refractivity contribution in [3.8, 4) is 55.6 Å². The Morgan fingerprint density at radius 1 is 0.386 bits per heavy atom. The van der Waals surface area contributed by atoms with Crippen LogP contribution in [0.25, 0.3) is 88.3 Å². The maximum Gasteiger partial charge on any atom is 0.143 e. The molecule has 2 heteroatoms. The number of hydrogen-bond donors (Lipinski definition) is 0. The van der Waals surface area contributed by atoms with E-state index in [4.69, 9.17) is 4.42 Å². The van der Waals surface area contributed by atoms with Gasteiger partial charge in [0.25, 0.3) is 0 Å². The van der Waals surface area contributed by atoms with Gasteiger partial charge < -0.3 is 9.32 Å². The van der Waals surface area contributed by atoms with Gasteiger partial charge in [-0.1, -0.05) is 166 Å². The fraction of sp³-hybridized carbons (Fsp3) is 0.0545. The molecule has 2 aliphatic rings. The number of benzene rings is 9. The van der Waals surface area contributed by atoms with Gasteiger partial charge in [0.2, 0.25) is 0 Å². The molecule has 0 bridgehead atoms. The second-order valence-corrected chi connectivity index (χ2v) is 16.0. The van der Waals surface area contributed by atoms with Crippen LogP contribution in [0.15, 0.2) is 192 Å². The molecule has 0 atom stereocenters. The molecule has 2 nitrogen and oxygen atoms in total. The number of fused-ring (bicyclic) bond motifs is 9. The van der Waals surface area contributed by atoms with Gasteiger partial charge in [0.1, 0.15) is 11.2 Å². The fourth-order valence-electron chi connectivity index (χ4n) is 10.0. The minimum absolute atomic E-state index is 0.181. The summed E-state index contributed by atoms with van der Waals surface area (Å²) >= 11 is 0. The van der Waals surface area contributed by atoms with E-state index < -0.39 is 0 Å². The summed E-state index contributed by atoms with van der Waals surface area (Å²) in [4.78, 5) is 2.45. The molecule has 0 saturated carbocycles. The van der Waals surface area contributed by atoms with Gasteiger partial charge in [-0.2, -0.15) is 0 Å². The van der Waals surface area contributed by atoms with Crippen molar-refractivity contribution in [2.75, 3.05) is 4.90 Å². The molecule has 0 amide bonds. The van der Waals surface area contributed by atoms with Gasteiger partial charge in [0, 0.05) is 33.1 Å². The van der Waals surface area contributed by atoms with Gasteiger partial charge in [-0.25, -0.2) is 0 Å². The van der Waals surface area contributed by atoms with E-state index in [1.807, 2.05) is 12.1 Å². The first-order valence-corrected chi connectivity index (χ1v) is 19.8. The molecule has 10 aromatic rings. The molecule has 0 aliphatic heterocycles. The zero-order valence-corrected chi connectivity index (χ0v) is 31.8. The SMILES string of the molecule is CC1(C)c2ccccc2-c2cccc(N(c3ccc(-c4ccc5c6c(cccc46)-c4ccccc4-5)cc3)c3ccc(-c4cccc5c4oc4ccccc45)cc3)c21. The van der Waals surface area contributed by atoms with E-state index in [1.165, 1.54) is 72.1 Å². The lowest BCUT2D eigenvalue weighted by molar-refractivity contribution is 0.661. The third-order valence-corrected chi connectivity index (χ3v) is 12.6. The third kappa shape index (κ3) is 4.59. The lowest BCUT2D eigenvalue weighted by atomic mass is 9.81. The van der Waals surface area contributed by atoms with Gasteiger partial charge in [0.05, 0.1) is 5.69 Å². The van der Waals surface area contributed by atoms with Gasteiger partial charge in [-0.15, -0.1) is 0 Å². The van der Waals surface area contributed by atoms with Crippen LogP contribution in [0.1, 0.15) is 25.0 Å². The standard InChI is InChI=1S/C55H37NO/c1-55(2)49-21-7-5-14-42(49)47-19-11-22-50(53(47)55)56(37-30-26-35(27-31-37)39-16-9-20-48-43-15-6-8-23-51(43)57-54(39)48)36-28-24-34(25-29-36)38-32-33-46-41-13-4-3-12-40(41)45-18-10-17-44(38)52(45)46/h3-33H,1-2H3. The molecule has 1 heterocycles. The van der Waals surface area contributed by atoms with Crippen LogP contribution < -0.4 is 4.90 Å². The first-order chi connectivity index (χ1) is 28.0. The molecule has 0 N–H and O–H groups in total. The van der Waals surface area contributed by atoms with E-state index >= 15 is 0 Å². The third-order valence-electron chi connectivity index (χ3n) is 12.6. The van der Waals surface area contributed by atoms with Crippen molar-refractivity contribution >= 4 is 49.8 Å². The number of anilines is 3. The summed E-state index contributed by atoms with van der Waals surface area (Å²) in [7, 11) is 0. The molecule has 9 aromatic carbocycles. The quantitative estimate of drug-likeness (QED) is 0.175. The Balaban J connectivity index is 1.00. The Morgan fingerprint density at radius 2 is 0.912 bits per heavy atom. The average Bonchev–Trinajstić information content (AvgIpc) is 3.89. The number of rotatable bonds is 5. The normalized spacial score (nSPS) is 13.2. The average molecular weight is 728 g/mol. The summed E-state index contributed by atoms with van der Waals surface area (Å²) in [6.07, 6.45) is 0. The Kier molecular flexibility index (Phi) is 6.72. The zero-order valence-electron chi connectivity index (χ0n) is 31.8. The van der Waals surface area contributed by atoms with E-state index in [1.54, 1.807) is 0 Å². The molecule has 0 unspecified atom stereocenters. The van der Waals surface area contributed by atoms with E-state index in [-0.39, 0.29) is 5.41 Å². The smallest absolute Gasteiger partial charge is 0.143 e. The lowest BCUT2D eigenvalue weighted by Gasteiger charge is -2.32. The van der Waals surface area contributed by atoms with Gasteiger partial charge in [0.15, 0.2) is 0 Å². The highest BCUT2D eigenvalue weighted by Gasteiger charge is 2.38. The molecule has 57 heavy (non-hydrogen) atoms. The molecule has 2 aliphatic carbocycles. The molecule has 268 valence electrons. The van der Waals surface area contributed by atoms with Gasteiger partial charge in [-0.3, -0.25) is 0 Å². The molecule has 0 spiro atoms. The first kappa shape index (κ1) is 32.1. The number of furan rings is 1. The van der Waals surface area contributed by atoms with Crippen molar-refractivity contribution < 1.29 is 4.42 Å². The van der Waals surface area contributed by atoms with Crippen LogP contribution in [0.2, 0.25) is 0 Å². The number of hydrogen-bond acceptors (Lipinski definition) is 2. The summed E-state index contributed by atoms with van der Waals surface area (Å²) in [6.45, 7) is 4.74. The highest BCUT2D eigenvalue weighted by Crippen LogP contribution is 2.55. The van der Waals surface area contributed by atoms with Crippen LogP contribution in [-0.4, -0.2) is 0 Å². The van der Waals surface area contributed by atoms with Crippen molar-refractivity contribution in [3.05, 3.63) is 199 Å². The predicted molar refractivity (Wildman–Crippen MR) is 239 cm³/mol. The number of para-hydroxylation sites is 2. The Morgan fingerprint density at radius 3 is 1.67 bits per heavy atom. The molecule has 1 aromatic heterocycles. The number of nitrogens with zero attached hydrogens (tertiary/aromatic N) is 1. The summed E-state index contributed by atoms with van der Waals surface area (Å²) < 4.78 is 6.46. The predicted octanol–water partition coefficient (Wildman–Crippen LogP) is 15.5. The maximum atomic E-state index is 6.46. The molecular formula is C55H37NO. The molecule has 12 rings (SSSR count). The minimum Gasteiger partial charge on any atom is -0.455 e. The van der Waals surface area contributed by atoms with E-state index in [0.717, 1.165) is 44.4 Å².